The Morgan fingerprint density at radius 2 is 1.89 bits per heavy atom. The van der Waals surface area contributed by atoms with E-state index in [2.05, 4.69) is 5.84 Å². The van der Waals surface area contributed by atoms with Crippen LogP contribution in [0.15, 0.2) is 0 Å². The van der Waals surface area contributed by atoms with Gasteiger partial charge in [0.1, 0.15) is 6.10 Å². The third kappa shape index (κ3) is 18.8. The van der Waals surface area contributed by atoms with Crippen LogP contribution >= 0.6 is 0 Å². The van der Waals surface area contributed by atoms with Gasteiger partial charge in [-0.2, -0.15) is 0 Å². The predicted octanol–water partition coefficient (Wildman–Crippen LogP) is -1.71. The van der Waals surface area contributed by atoms with E-state index in [1.54, 1.807) is 0 Å². The summed E-state index contributed by atoms with van der Waals surface area (Å²) in [5, 5.41) is 22.9. The maximum absolute atomic E-state index is 9.45. The Balaban J connectivity index is 0. The summed E-state index contributed by atoms with van der Waals surface area (Å²) in [4.78, 5) is 9.45. The molecule has 9 heavy (non-hydrogen) atoms. The summed E-state index contributed by atoms with van der Waals surface area (Å²) in [5.74, 6) is 2.97. The van der Waals surface area contributed by atoms with Crippen molar-refractivity contribution in [1.82, 2.24) is 5.59 Å². The molecule has 0 saturated carbocycles. The highest BCUT2D eigenvalue weighted by Crippen LogP contribution is 1.73. The predicted molar refractivity (Wildman–Crippen MR) is 28.4 cm³/mol. The van der Waals surface area contributed by atoms with E-state index in [1.165, 1.54) is 12.5 Å². The number of hydrogen-bond acceptors (Lipinski definition) is 5. The number of carboxylic acids is 1. The minimum atomic E-state index is -1.23. The molecule has 6 heteroatoms. The molecule has 0 amide bonds. The normalized spacial score (nSPS) is 11.1. The molecule has 0 heterocycles. The topological polar surface area (TPSA) is 116 Å². The number of carbonyl (C=O) groups is 1. The minimum Gasteiger partial charge on any atom is -0.479 e. The minimum absolute atomic E-state index is 1.19. The van der Waals surface area contributed by atoms with E-state index < -0.39 is 12.1 Å². The van der Waals surface area contributed by atoms with Gasteiger partial charge in [0.15, 0.2) is 0 Å². The van der Waals surface area contributed by atoms with Crippen LogP contribution in [0.5, 0.6) is 0 Å². The van der Waals surface area contributed by atoms with E-state index in [1.807, 2.05) is 0 Å². The van der Waals surface area contributed by atoms with E-state index >= 15 is 0 Å². The van der Waals surface area contributed by atoms with Crippen LogP contribution in [0.4, 0.5) is 0 Å². The van der Waals surface area contributed by atoms with Gasteiger partial charge in [0.25, 0.3) is 0 Å². The Bertz CT molecular complexity index is 74.2. The highest BCUT2D eigenvalue weighted by molar-refractivity contribution is 5.71. The third-order valence-electron chi connectivity index (χ3n) is 0.357. The Labute approximate surface area is 51.8 Å². The second-order valence-corrected chi connectivity index (χ2v) is 1.14. The first-order valence-electron chi connectivity index (χ1n) is 2.06. The standard InChI is InChI=1S/C3H6O3.H4N2O/c1-2(4)3(5)6;1-2-3/h2,4H,1H3,(H,5,6);2-3H,1H2. The Morgan fingerprint density at radius 3 is 1.89 bits per heavy atom. The first-order chi connectivity index (χ1) is 4.06. The lowest BCUT2D eigenvalue weighted by molar-refractivity contribution is -0.145. The fourth-order valence-electron chi connectivity index (χ4n) is 0. The number of aliphatic hydroxyl groups excluding tert-OH is 1. The summed E-state index contributed by atoms with van der Waals surface area (Å²) in [6.07, 6.45) is -1.23. The van der Waals surface area contributed by atoms with Crippen molar-refractivity contribution in [2.45, 2.75) is 13.0 Å². The Morgan fingerprint density at radius 1 is 1.78 bits per heavy atom. The molecule has 0 aromatic rings. The second kappa shape index (κ2) is 7.31. The van der Waals surface area contributed by atoms with Gasteiger partial charge in [-0.25, -0.2) is 10.6 Å². The lowest BCUT2D eigenvalue weighted by Gasteiger charge is -1.89. The van der Waals surface area contributed by atoms with Crippen molar-refractivity contribution >= 4 is 5.97 Å². The van der Waals surface area contributed by atoms with Gasteiger partial charge in [-0.3, -0.25) is 0 Å². The summed E-state index contributed by atoms with van der Waals surface area (Å²) in [6, 6.07) is 0. The fourth-order valence-corrected chi connectivity index (χ4v) is 0. The van der Waals surface area contributed by atoms with Gasteiger partial charge in [-0.1, -0.05) is 0 Å². The zero-order valence-electron chi connectivity index (χ0n) is 4.90. The molecule has 0 spiro atoms. The largest absolute Gasteiger partial charge is 0.479 e. The average Bonchev–Trinajstić information content (AvgIpc) is 1.68. The van der Waals surface area contributed by atoms with E-state index in [9.17, 15) is 4.79 Å². The van der Waals surface area contributed by atoms with Crippen LogP contribution in [-0.2, 0) is 4.79 Å². The third-order valence-corrected chi connectivity index (χ3v) is 0.357. The lowest BCUT2D eigenvalue weighted by atomic mass is 10.4. The summed E-state index contributed by atoms with van der Waals surface area (Å²) in [6.45, 7) is 1.20. The van der Waals surface area contributed by atoms with Gasteiger partial charge in [0.05, 0.1) is 0 Å². The van der Waals surface area contributed by atoms with E-state index in [0.29, 0.717) is 0 Å². The van der Waals surface area contributed by atoms with Crippen molar-refractivity contribution in [1.29, 1.82) is 0 Å². The van der Waals surface area contributed by atoms with Gasteiger partial charge < -0.3 is 15.4 Å². The molecular formula is C3H10N2O4. The first kappa shape index (κ1) is 11.2. The monoisotopic (exact) mass is 138 g/mol. The van der Waals surface area contributed by atoms with Crippen molar-refractivity contribution in [2.24, 2.45) is 5.84 Å². The number of nitrogens with two attached hydrogens (primary N) is 1. The van der Waals surface area contributed by atoms with Crippen LogP contribution in [0.2, 0.25) is 0 Å². The number of carboxylic acid groups (broad SMARTS) is 1. The lowest BCUT2D eigenvalue weighted by Crippen LogP contribution is -2.14. The van der Waals surface area contributed by atoms with Gasteiger partial charge in [0, 0.05) is 0 Å². The number of rotatable bonds is 1. The molecule has 0 aliphatic carbocycles. The quantitative estimate of drug-likeness (QED) is 0.217. The molecule has 1 unspecified atom stereocenters. The molecule has 6 nitrogen and oxygen atoms in total. The SMILES string of the molecule is CC(O)C(=O)O.NNO. The van der Waals surface area contributed by atoms with E-state index in [0.717, 1.165) is 0 Å². The molecule has 0 aliphatic rings. The van der Waals surface area contributed by atoms with Crippen LogP contribution in [0.3, 0.4) is 0 Å². The smallest absolute Gasteiger partial charge is 0.332 e. The molecule has 1 atom stereocenters. The van der Waals surface area contributed by atoms with Gasteiger partial charge in [-0.05, 0) is 6.92 Å². The van der Waals surface area contributed by atoms with Crippen LogP contribution in [0.1, 0.15) is 6.92 Å². The van der Waals surface area contributed by atoms with Crippen molar-refractivity contribution in [2.75, 3.05) is 0 Å². The van der Waals surface area contributed by atoms with Crippen molar-refractivity contribution in [3.63, 3.8) is 0 Å². The molecular weight excluding hydrogens is 128 g/mol. The molecule has 6 N–H and O–H groups in total. The molecule has 0 aromatic carbocycles. The molecule has 0 rings (SSSR count). The van der Waals surface area contributed by atoms with Crippen LogP contribution in [-0.4, -0.2) is 27.5 Å². The Hall–Kier alpha value is -0.690. The van der Waals surface area contributed by atoms with Crippen LogP contribution < -0.4 is 11.4 Å². The fraction of sp³-hybridized carbons (Fsp3) is 0.667. The molecule has 0 aromatic heterocycles. The van der Waals surface area contributed by atoms with E-state index in [4.69, 9.17) is 15.4 Å². The summed E-state index contributed by atoms with van der Waals surface area (Å²) in [5.41, 5.74) is 1.25. The second-order valence-electron chi connectivity index (χ2n) is 1.14. The highest BCUT2D eigenvalue weighted by Gasteiger charge is 2.01. The average molecular weight is 138 g/mol. The van der Waals surface area contributed by atoms with Crippen LogP contribution in [0, 0.1) is 0 Å². The van der Waals surface area contributed by atoms with Gasteiger partial charge >= 0.3 is 5.97 Å². The number of aliphatic carboxylic acids is 1. The maximum Gasteiger partial charge on any atom is 0.332 e. The van der Waals surface area contributed by atoms with E-state index in [-0.39, 0.29) is 0 Å². The van der Waals surface area contributed by atoms with Crippen LogP contribution in [0.25, 0.3) is 0 Å². The van der Waals surface area contributed by atoms with Gasteiger partial charge in [0.2, 0.25) is 0 Å². The Kier molecular flexibility index (Phi) is 9.06. The maximum atomic E-state index is 9.45. The van der Waals surface area contributed by atoms with Crippen molar-refractivity contribution in [3.05, 3.63) is 0 Å². The highest BCUT2D eigenvalue weighted by atomic mass is 16.5. The molecule has 0 saturated heterocycles. The molecule has 0 aliphatic heterocycles. The number of hydrogen-bond donors (Lipinski definition) is 5. The summed E-state index contributed by atoms with van der Waals surface area (Å²) in [7, 11) is 0. The summed E-state index contributed by atoms with van der Waals surface area (Å²) >= 11 is 0. The number of hydrazine groups is 1. The van der Waals surface area contributed by atoms with Crippen molar-refractivity contribution < 1.29 is 20.2 Å². The molecule has 0 fully saturated rings. The van der Waals surface area contributed by atoms with Crippen molar-refractivity contribution in [3.8, 4) is 0 Å². The molecule has 0 bridgehead atoms. The molecule has 0 radical (unpaired) electrons. The zero-order valence-corrected chi connectivity index (χ0v) is 4.90. The number of aliphatic hydroxyl groups is 1. The number of nitrogens with one attached hydrogen (secondary N) is 1. The summed E-state index contributed by atoms with van der Waals surface area (Å²) < 4.78 is 0. The first-order valence-corrected chi connectivity index (χ1v) is 2.06. The zero-order chi connectivity index (χ0) is 7.86. The molecule has 56 valence electrons. The van der Waals surface area contributed by atoms with Gasteiger partial charge in [-0.15, -0.1) is 5.59 Å².